The molecule has 0 unspecified atom stereocenters. The predicted molar refractivity (Wildman–Crippen MR) is 175 cm³/mol. The molecule has 1 aromatic heterocycles. The minimum atomic E-state index is -3.92. The van der Waals surface area contributed by atoms with E-state index in [4.69, 9.17) is 18.9 Å². The van der Waals surface area contributed by atoms with E-state index in [1.165, 1.54) is 29.7 Å². The van der Waals surface area contributed by atoms with E-state index in [2.05, 4.69) is 5.10 Å². The lowest BCUT2D eigenvalue weighted by Crippen LogP contribution is -2.48. The number of benzene rings is 2. The van der Waals surface area contributed by atoms with Crippen LogP contribution in [0.5, 0.6) is 11.6 Å². The molecule has 0 bridgehead atoms. The highest BCUT2D eigenvalue weighted by Gasteiger charge is 2.33. The number of carbonyl (C=O) groups is 1. The number of sulfonamides is 1. The predicted octanol–water partition coefficient (Wildman–Crippen LogP) is 4.91. The molecular formula is C34H47FN4O7S. The Labute approximate surface area is 277 Å². The fourth-order valence-electron chi connectivity index (χ4n) is 5.47. The number of hydrogen-bond acceptors (Lipinski definition) is 8. The van der Waals surface area contributed by atoms with Gasteiger partial charge in [-0.05, 0) is 75.1 Å². The summed E-state index contributed by atoms with van der Waals surface area (Å²) < 4.78 is 67.0. The number of rotatable bonds is 10. The minimum Gasteiger partial charge on any atom is -0.497 e. The lowest BCUT2D eigenvalue weighted by atomic mass is 10.0. The molecule has 0 N–H and O–H groups in total. The van der Waals surface area contributed by atoms with Gasteiger partial charge in [-0.15, -0.1) is 0 Å². The van der Waals surface area contributed by atoms with Gasteiger partial charge in [-0.1, -0.05) is 19.1 Å². The van der Waals surface area contributed by atoms with E-state index in [0.717, 1.165) is 42.7 Å². The van der Waals surface area contributed by atoms with Crippen LogP contribution in [-0.2, 0) is 33.2 Å². The summed E-state index contributed by atoms with van der Waals surface area (Å²) in [7, 11) is 0.931. The van der Waals surface area contributed by atoms with Crippen LogP contribution in [0.3, 0.4) is 0 Å². The van der Waals surface area contributed by atoms with Crippen molar-refractivity contribution in [3.8, 4) is 11.6 Å². The Morgan fingerprint density at radius 2 is 1.81 bits per heavy atom. The Morgan fingerprint density at radius 3 is 2.49 bits per heavy atom. The van der Waals surface area contributed by atoms with E-state index < -0.39 is 21.9 Å². The molecule has 0 spiro atoms. The summed E-state index contributed by atoms with van der Waals surface area (Å²) in [6.45, 7) is 7.14. The first-order valence-corrected chi connectivity index (χ1v) is 17.4. The summed E-state index contributed by atoms with van der Waals surface area (Å²) in [6, 6.07) is 12.0. The van der Waals surface area contributed by atoms with Gasteiger partial charge < -0.3 is 23.8 Å². The van der Waals surface area contributed by atoms with Crippen LogP contribution >= 0.6 is 0 Å². The highest BCUT2D eigenvalue weighted by molar-refractivity contribution is 7.89. The van der Waals surface area contributed by atoms with Crippen molar-refractivity contribution in [2.45, 2.75) is 69.8 Å². The maximum Gasteiger partial charge on any atom is 0.261 e. The van der Waals surface area contributed by atoms with Crippen molar-refractivity contribution in [3.05, 3.63) is 71.7 Å². The molecule has 2 heterocycles. The summed E-state index contributed by atoms with van der Waals surface area (Å²) in [4.78, 5) is 16.0. The van der Waals surface area contributed by atoms with Crippen LogP contribution in [0.4, 0.5) is 4.39 Å². The lowest BCUT2D eigenvalue weighted by Gasteiger charge is -2.35. The first-order chi connectivity index (χ1) is 22.4. The zero-order valence-corrected chi connectivity index (χ0v) is 28.9. The molecule has 0 saturated carbocycles. The third-order valence-electron chi connectivity index (χ3n) is 8.42. The third-order valence-corrected chi connectivity index (χ3v) is 10.3. The molecule has 13 heteroatoms. The lowest BCUT2D eigenvalue weighted by molar-refractivity contribution is -0.0121. The monoisotopic (exact) mass is 674 g/mol. The number of methoxy groups -OCH3 is 1. The minimum absolute atomic E-state index is 0.00697. The van der Waals surface area contributed by atoms with E-state index in [9.17, 15) is 17.6 Å². The fraction of sp³-hybridized carbons (Fsp3) is 0.529. The largest absolute Gasteiger partial charge is 0.497 e. The number of nitrogens with zero attached hydrogens (tertiary/aromatic N) is 4. The molecule has 1 aliphatic heterocycles. The van der Waals surface area contributed by atoms with Crippen molar-refractivity contribution >= 4 is 15.9 Å². The average Bonchev–Trinajstić information content (AvgIpc) is 3.41. The molecule has 0 saturated heterocycles. The van der Waals surface area contributed by atoms with Crippen molar-refractivity contribution in [1.82, 2.24) is 19.0 Å². The van der Waals surface area contributed by atoms with Crippen molar-refractivity contribution in [2.24, 2.45) is 13.0 Å². The fourth-order valence-corrected chi connectivity index (χ4v) is 6.65. The SMILES string of the molecule is COc1ccc(COC[C@H](C)N2C[C@@H](C)[C@H](CN(C)S(=O)(=O)c3ccc(F)cc3)OCCCC[C@H](C)Oc3c(cnn3C)C2=O)cc1. The zero-order valence-electron chi connectivity index (χ0n) is 28.1. The average molecular weight is 675 g/mol. The molecule has 1 amide bonds. The number of likely N-dealkylation sites (N-methyl/N-ethyl adjacent to an activating group) is 1. The second-order valence-corrected chi connectivity index (χ2v) is 14.3. The maximum absolute atomic E-state index is 14.3. The van der Waals surface area contributed by atoms with Gasteiger partial charge in [-0.3, -0.25) is 4.79 Å². The van der Waals surface area contributed by atoms with Gasteiger partial charge in [0, 0.05) is 39.7 Å². The molecule has 1 aliphatic rings. The number of amides is 1. The molecule has 258 valence electrons. The topological polar surface area (TPSA) is 112 Å². The summed E-state index contributed by atoms with van der Waals surface area (Å²) >= 11 is 0. The van der Waals surface area contributed by atoms with E-state index in [0.29, 0.717) is 24.7 Å². The quantitative estimate of drug-likeness (QED) is 0.299. The van der Waals surface area contributed by atoms with Crippen LogP contribution < -0.4 is 9.47 Å². The first kappa shape index (κ1) is 36.3. The normalized spacial score (nSPS) is 20.7. The van der Waals surface area contributed by atoms with Crippen LogP contribution in [-0.4, -0.2) is 92.0 Å². The van der Waals surface area contributed by atoms with Crippen molar-refractivity contribution in [3.63, 3.8) is 0 Å². The Kier molecular flexibility index (Phi) is 12.8. The Balaban J connectivity index is 1.58. The van der Waals surface area contributed by atoms with Crippen molar-refractivity contribution in [1.29, 1.82) is 0 Å². The summed E-state index contributed by atoms with van der Waals surface area (Å²) in [5.41, 5.74) is 1.31. The highest BCUT2D eigenvalue weighted by Crippen LogP contribution is 2.26. The summed E-state index contributed by atoms with van der Waals surface area (Å²) in [6.07, 6.45) is 3.13. The van der Waals surface area contributed by atoms with Gasteiger partial charge >= 0.3 is 0 Å². The van der Waals surface area contributed by atoms with Crippen molar-refractivity contribution in [2.75, 3.05) is 40.5 Å². The van der Waals surface area contributed by atoms with Gasteiger partial charge in [0.1, 0.15) is 17.1 Å². The number of aryl methyl sites for hydroxylation is 1. The number of aromatic nitrogens is 2. The van der Waals surface area contributed by atoms with Gasteiger partial charge in [-0.25, -0.2) is 17.5 Å². The molecule has 0 fully saturated rings. The number of fused-ring (bicyclic) bond motifs is 1. The number of hydrogen-bond donors (Lipinski definition) is 0. The Bertz CT molecular complexity index is 1550. The van der Waals surface area contributed by atoms with Gasteiger partial charge in [0.25, 0.3) is 5.91 Å². The van der Waals surface area contributed by atoms with Crippen LogP contribution in [0.2, 0.25) is 0 Å². The van der Waals surface area contributed by atoms with Gasteiger partial charge in [0.15, 0.2) is 0 Å². The molecule has 11 nitrogen and oxygen atoms in total. The highest BCUT2D eigenvalue weighted by atomic mass is 32.2. The van der Waals surface area contributed by atoms with E-state index in [1.54, 1.807) is 23.7 Å². The Hall–Kier alpha value is -3.52. The van der Waals surface area contributed by atoms with E-state index in [-0.39, 0.29) is 48.6 Å². The van der Waals surface area contributed by atoms with Crippen molar-refractivity contribution < 1.29 is 36.6 Å². The van der Waals surface area contributed by atoms with Crippen LogP contribution in [0.1, 0.15) is 56.0 Å². The standard InChI is InChI=1S/C34H47FN4O7S/c1-24-20-39(25(2)22-44-23-27-10-14-29(43-6)15-11-27)33(40)31-19-36-38(5)34(31)46-26(3)9-7-8-18-45-32(24)21-37(4)47(41,42)30-16-12-28(35)13-17-30/h10-17,19,24-26,32H,7-9,18,20-23H2,1-6H3/t24-,25+,26+,32+/m1/s1. The second-order valence-electron chi connectivity index (χ2n) is 12.2. The molecule has 3 aromatic rings. The molecule has 47 heavy (non-hydrogen) atoms. The van der Waals surface area contributed by atoms with E-state index in [1.807, 2.05) is 45.0 Å². The molecule has 0 radical (unpaired) electrons. The second kappa shape index (κ2) is 16.5. The smallest absolute Gasteiger partial charge is 0.261 e. The van der Waals surface area contributed by atoms with Gasteiger partial charge in [0.05, 0.1) is 49.7 Å². The Morgan fingerprint density at radius 1 is 1.11 bits per heavy atom. The summed E-state index contributed by atoms with van der Waals surface area (Å²) in [5, 5.41) is 4.34. The molecular weight excluding hydrogens is 627 g/mol. The van der Waals surface area contributed by atoms with Gasteiger partial charge in [-0.2, -0.15) is 9.40 Å². The van der Waals surface area contributed by atoms with Crippen LogP contribution in [0.15, 0.2) is 59.6 Å². The maximum atomic E-state index is 14.3. The molecule has 2 aromatic carbocycles. The third kappa shape index (κ3) is 9.53. The zero-order chi connectivity index (χ0) is 34.1. The number of ether oxygens (including phenoxy) is 4. The summed E-state index contributed by atoms with van der Waals surface area (Å²) in [5.74, 6) is 0.0937. The number of halogens is 1. The molecule has 4 atom stereocenters. The number of carbonyl (C=O) groups excluding carboxylic acids is 1. The first-order valence-electron chi connectivity index (χ1n) is 15.9. The van der Waals surface area contributed by atoms with Crippen LogP contribution in [0.25, 0.3) is 0 Å². The molecule has 4 rings (SSSR count). The molecule has 0 aliphatic carbocycles. The van der Waals surface area contributed by atoms with Crippen LogP contribution in [0, 0.1) is 11.7 Å². The van der Waals surface area contributed by atoms with E-state index >= 15 is 0 Å². The van der Waals surface area contributed by atoms with Gasteiger partial charge in [0.2, 0.25) is 15.9 Å².